The first kappa shape index (κ1) is 20.7. The molecular weight excluding hydrogens is 312 g/mol. The highest BCUT2D eigenvalue weighted by atomic mass is 16.6. The van der Waals surface area contributed by atoms with E-state index in [-0.39, 0.29) is 18.7 Å². The molecule has 0 radical (unpaired) electrons. The normalized spacial score (nSPS) is 17.7. The largest absolute Gasteiger partial charge is 0.458 e. The second-order valence-corrected chi connectivity index (χ2v) is 7.69. The van der Waals surface area contributed by atoms with Crippen LogP contribution >= 0.6 is 0 Å². The maximum absolute atomic E-state index is 11.9. The lowest BCUT2D eigenvalue weighted by Crippen LogP contribution is -2.48. The van der Waals surface area contributed by atoms with E-state index in [1.54, 1.807) is 25.7 Å². The standard InChI is InChI=1S/C17H32N2O5/c1-12(2)11-23-16(22)19-8-6-13(7-9-19)18-10-14(20)15(21)24-17(3,4)5/h12-14,18,20H,6-11H2,1-5H3/t14-/m1/s1. The summed E-state index contributed by atoms with van der Waals surface area (Å²) in [5, 5.41) is 13.0. The van der Waals surface area contributed by atoms with E-state index in [1.807, 2.05) is 13.8 Å². The molecule has 1 aliphatic heterocycles. The van der Waals surface area contributed by atoms with E-state index in [0.29, 0.717) is 25.6 Å². The van der Waals surface area contributed by atoms with Crippen molar-refractivity contribution in [1.82, 2.24) is 10.2 Å². The minimum atomic E-state index is -1.18. The van der Waals surface area contributed by atoms with E-state index in [2.05, 4.69) is 5.32 Å². The molecule has 0 aromatic rings. The van der Waals surface area contributed by atoms with Gasteiger partial charge in [-0.25, -0.2) is 9.59 Å². The molecule has 1 aliphatic rings. The Morgan fingerprint density at radius 2 is 1.83 bits per heavy atom. The van der Waals surface area contributed by atoms with E-state index in [1.165, 1.54) is 0 Å². The highest BCUT2D eigenvalue weighted by Gasteiger charge is 2.27. The lowest BCUT2D eigenvalue weighted by atomic mass is 10.1. The van der Waals surface area contributed by atoms with Gasteiger partial charge in [0.2, 0.25) is 0 Å². The Balaban J connectivity index is 2.26. The van der Waals surface area contributed by atoms with Crippen LogP contribution in [0.15, 0.2) is 0 Å². The molecule has 0 bridgehead atoms. The van der Waals surface area contributed by atoms with Crippen LogP contribution in [0, 0.1) is 5.92 Å². The number of aliphatic hydroxyl groups excluding tert-OH is 1. The predicted molar refractivity (Wildman–Crippen MR) is 90.6 cm³/mol. The number of likely N-dealkylation sites (tertiary alicyclic amines) is 1. The van der Waals surface area contributed by atoms with Gasteiger partial charge in [0.05, 0.1) is 6.61 Å². The average molecular weight is 344 g/mol. The first-order valence-corrected chi connectivity index (χ1v) is 8.64. The van der Waals surface area contributed by atoms with Gasteiger partial charge in [0, 0.05) is 25.7 Å². The van der Waals surface area contributed by atoms with Crippen molar-refractivity contribution in [2.45, 2.75) is 65.2 Å². The quantitative estimate of drug-likeness (QED) is 0.711. The molecule has 1 amide bonds. The molecule has 1 rings (SSSR count). The fraction of sp³-hybridized carbons (Fsp3) is 0.882. The van der Waals surface area contributed by atoms with Crippen molar-refractivity contribution in [2.24, 2.45) is 5.92 Å². The first-order valence-electron chi connectivity index (χ1n) is 8.64. The van der Waals surface area contributed by atoms with Gasteiger partial charge in [-0.2, -0.15) is 0 Å². The summed E-state index contributed by atoms with van der Waals surface area (Å²) in [6.45, 7) is 11.1. The van der Waals surface area contributed by atoms with E-state index in [9.17, 15) is 14.7 Å². The number of nitrogens with zero attached hydrogens (tertiary/aromatic N) is 1. The molecule has 0 aromatic carbocycles. The molecule has 1 fully saturated rings. The van der Waals surface area contributed by atoms with Crippen LogP contribution in [0.2, 0.25) is 0 Å². The monoisotopic (exact) mass is 344 g/mol. The summed E-state index contributed by atoms with van der Waals surface area (Å²) in [6.07, 6.45) is 0.0736. The number of carbonyl (C=O) groups is 2. The Hall–Kier alpha value is -1.34. The van der Waals surface area contributed by atoms with Gasteiger partial charge in [-0.15, -0.1) is 0 Å². The zero-order valence-corrected chi connectivity index (χ0v) is 15.5. The minimum Gasteiger partial charge on any atom is -0.458 e. The van der Waals surface area contributed by atoms with Gasteiger partial charge in [-0.05, 0) is 39.5 Å². The zero-order chi connectivity index (χ0) is 18.3. The number of hydrogen-bond donors (Lipinski definition) is 2. The maximum atomic E-state index is 11.9. The fourth-order valence-corrected chi connectivity index (χ4v) is 2.33. The molecule has 1 saturated heterocycles. The first-order chi connectivity index (χ1) is 11.1. The van der Waals surface area contributed by atoms with Crippen LogP contribution in [0.3, 0.4) is 0 Å². The molecule has 0 aromatic heterocycles. The number of carbonyl (C=O) groups excluding carboxylic acids is 2. The third-order valence-corrected chi connectivity index (χ3v) is 3.57. The summed E-state index contributed by atoms with van der Waals surface area (Å²) < 4.78 is 10.4. The van der Waals surface area contributed by atoms with E-state index in [4.69, 9.17) is 9.47 Å². The molecular formula is C17H32N2O5. The third kappa shape index (κ3) is 7.97. The lowest BCUT2D eigenvalue weighted by molar-refractivity contribution is -0.164. The molecule has 2 N–H and O–H groups in total. The fourth-order valence-electron chi connectivity index (χ4n) is 2.33. The van der Waals surface area contributed by atoms with E-state index >= 15 is 0 Å². The third-order valence-electron chi connectivity index (χ3n) is 3.57. The predicted octanol–water partition coefficient (Wildman–Crippen LogP) is 1.54. The molecule has 24 heavy (non-hydrogen) atoms. The Kier molecular flexibility index (Phi) is 7.96. The van der Waals surface area contributed by atoms with Crippen LogP contribution in [0.5, 0.6) is 0 Å². The molecule has 0 saturated carbocycles. The van der Waals surface area contributed by atoms with E-state index in [0.717, 1.165) is 12.8 Å². The zero-order valence-electron chi connectivity index (χ0n) is 15.5. The topological polar surface area (TPSA) is 88.1 Å². The number of esters is 1. The second-order valence-electron chi connectivity index (χ2n) is 7.69. The summed E-state index contributed by atoms with van der Waals surface area (Å²) in [7, 11) is 0. The van der Waals surface area contributed by atoms with Crippen LogP contribution in [0.1, 0.15) is 47.5 Å². The van der Waals surface area contributed by atoms with E-state index < -0.39 is 17.7 Å². The molecule has 1 atom stereocenters. The van der Waals surface area contributed by atoms with Crippen molar-refractivity contribution in [3.63, 3.8) is 0 Å². The number of aliphatic hydroxyl groups is 1. The Morgan fingerprint density at radius 3 is 2.33 bits per heavy atom. The smallest absolute Gasteiger partial charge is 0.409 e. The Bertz CT molecular complexity index is 412. The van der Waals surface area contributed by atoms with Crippen LogP contribution in [-0.4, -0.2) is 66.1 Å². The molecule has 0 spiro atoms. The molecule has 140 valence electrons. The van der Waals surface area contributed by atoms with Gasteiger partial charge in [0.15, 0.2) is 6.10 Å². The average Bonchev–Trinajstić information content (AvgIpc) is 2.49. The maximum Gasteiger partial charge on any atom is 0.409 e. The van der Waals surface area contributed by atoms with Crippen molar-refractivity contribution in [3.8, 4) is 0 Å². The number of piperidine rings is 1. The Morgan fingerprint density at radius 1 is 1.25 bits per heavy atom. The minimum absolute atomic E-state index is 0.150. The molecule has 7 nitrogen and oxygen atoms in total. The van der Waals surface area contributed by atoms with Gasteiger partial charge >= 0.3 is 12.1 Å². The molecule has 7 heteroatoms. The number of rotatable bonds is 6. The van der Waals surface area contributed by atoms with Crippen molar-refractivity contribution < 1.29 is 24.2 Å². The second kappa shape index (κ2) is 9.22. The van der Waals surface area contributed by atoms with Crippen molar-refractivity contribution >= 4 is 12.1 Å². The van der Waals surface area contributed by atoms with Gasteiger partial charge in [0.25, 0.3) is 0 Å². The van der Waals surface area contributed by atoms with Gasteiger partial charge in [-0.3, -0.25) is 0 Å². The SMILES string of the molecule is CC(C)COC(=O)N1CCC(NC[C@@H](O)C(=O)OC(C)(C)C)CC1. The van der Waals surface area contributed by atoms with Crippen LogP contribution in [-0.2, 0) is 14.3 Å². The summed E-state index contributed by atoms with van der Waals surface area (Å²) in [5.74, 6) is -0.299. The number of nitrogens with one attached hydrogen (secondary N) is 1. The number of hydrogen-bond acceptors (Lipinski definition) is 6. The summed E-state index contributed by atoms with van der Waals surface area (Å²) in [6, 6.07) is 0.163. The van der Waals surface area contributed by atoms with Crippen LogP contribution < -0.4 is 5.32 Å². The van der Waals surface area contributed by atoms with Crippen LogP contribution in [0.25, 0.3) is 0 Å². The Labute approximate surface area is 144 Å². The molecule has 0 aliphatic carbocycles. The van der Waals surface area contributed by atoms with Crippen molar-refractivity contribution in [3.05, 3.63) is 0 Å². The lowest BCUT2D eigenvalue weighted by Gasteiger charge is -2.32. The number of amides is 1. The molecule has 1 heterocycles. The highest BCUT2D eigenvalue weighted by Crippen LogP contribution is 2.13. The highest BCUT2D eigenvalue weighted by molar-refractivity contribution is 5.75. The van der Waals surface area contributed by atoms with Gasteiger partial charge in [-0.1, -0.05) is 13.8 Å². The number of ether oxygens (including phenoxy) is 2. The van der Waals surface area contributed by atoms with Gasteiger partial charge in [0.1, 0.15) is 5.60 Å². The van der Waals surface area contributed by atoms with Crippen LogP contribution in [0.4, 0.5) is 4.79 Å². The summed E-state index contributed by atoms with van der Waals surface area (Å²) in [5.41, 5.74) is -0.611. The van der Waals surface area contributed by atoms with Gasteiger partial charge < -0.3 is 24.8 Å². The molecule has 0 unspecified atom stereocenters. The summed E-state index contributed by atoms with van der Waals surface area (Å²) in [4.78, 5) is 25.3. The van der Waals surface area contributed by atoms with Crippen molar-refractivity contribution in [2.75, 3.05) is 26.2 Å². The summed E-state index contributed by atoms with van der Waals surface area (Å²) >= 11 is 0. The van der Waals surface area contributed by atoms with Crippen molar-refractivity contribution in [1.29, 1.82) is 0 Å².